The summed E-state index contributed by atoms with van der Waals surface area (Å²) in [5.74, 6) is 1.96. The lowest BCUT2D eigenvalue weighted by molar-refractivity contribution is 1.07. The number of thiophene rings is 1. The molecule has 2 aromatic heterocycles. The first-order chi connectivity index (χ1) is 21.3. The van der Waals surface area contributed by atoms with Crippen molar-refractivity contribution < 1.29 is 0 Å². The normalized spacial score (nSPS) is 11.3. The fourth-order valence-corrected chi connectivity index (χ4v) is 6.69. The van der Waals surface area contributed by atoms with Gasteiger partial charge in [-0.25, -0.2) is 15.0 Å². The van der Waals surface area contributed by atoms with Crippen LogP contribution in [0.5, 0.6) is 0 Å². The molecule has 8 aromatic rings. The summed E-state index contributed by atoms with van der Waals surface area (Å²) in [5.41, 5.74) is 7.45. The molecule has 2 heterocycles. The predicted octanol–water partition coefficient (Wildman–Crippen LogP) is 10.6. The molecule has 8 rings (SSSR count). The van der Waals surface area contributed by atoms with E-state index in [0.29, 0.717) is 17.5 Å². The molecule has 0 unspecified atom stereocenters. The first kappa shape index (κ1) is 25.3. The summed E-state index contributed by atoms with van der Waals surface area (Å²) in [4.78, 5) is 15.1. The zero-order valence-electron chi connectivity index (χ0n) is 23.2. The minimum atomic E-state index is 0.651. The minimum absolute atomic E-state index is 0.651. The van der Waals surface area contributed by atoms with Crippen LogP contribution in [0.4, 0.5) is 0 Å². The summed E-state index contributed by atoms with van der Waals surface area (Å²) in [6.45, 7) is 0. The largest absolute Gasteiger partial charge is 0.208 e. The zero-order valence-corrected chi connectivity index (χ0v) is 24.0. The summed E-state index contributed by atoms with van der Waals surface area (Å²) in [7, 11) is 0. The lowest BCUT2D eigenvalue weighted by Gasteiger charge is -2.12. The van der Waals surface area contributed by atoms with E-state index in [9.17, 15) is 0 Å². The zero-order chi connectivity index (χ0) is 28.6. The molecule has 0 N–H and O–H groups in total. The maximum Gasteiger partial charge on any atom is 0.164 e. The van der Waals surface area contributed by atoms with Gasteiger partial charge in [-0.05, 0) is 40.5 Å². The molecule has 0 aliphatic heterocycles. The molecule has 0 amide bonds. The maximum absolute atomic E-state index is 5.07. The van der Waals surface area contributed by atoms with Crippen molar-refractivity contribution in [1.82, 2.24) is 15.0 Å². The van der Waals surface area contributed by atoms with Gasteiger partial charge in [-0.2, -0.15) is 0 Å². The summed E-state index contributed by atoms with van der Waals surface area (Å²) >= 11 is 1.83. The van der Waals surface area contributed by atoms with Crippen LogP contribution in [0, 0.1) is 0 Å². The SMILES string of the molecule is c1ccc(-c2ccc(-c3nc(-c4ccccc4)nc(-c4ccccc4-c4ccc5sc6ccccc6c5c4)n3)cc2)cc1. The second kappa shape index (κ2) is 10.8. The smallest absolute Gasteiger partial charge is 0.164 e. The molecule has 202 valence electrons. The van der Waals surface area contributed by atoms with Gasteiger partial charge in [0.05, 0.1) is 0 Å². The third-order valence-electron chi connectivity index (χ3n) is 7.77. The van der Waals surface area contributed by atoms with Crippen molar-refractivity contribution >= 4 is 31.5 Å². The average Bonchev–Trinajstić information content (AvgIpc) is 3.47. The van der Waals surface area contributed by atoms with E-state index in [4.69, 9.17) is 15.0 Å². The quantitative estimate of drug-likeness (QED) is 0.208. The number of fused-ring (bicyclic) bond motifs is 3. The first-order valence-corrected chi connectivity index (χ1v) is 15.1. The van der Waals surface area contributed by atoms with Crippen molar-refractivity contribution in [2.45, 2.75) is 0 Å². The molecule has 0 radical (unpaired) electrons. The lowest BCUT2D eigenvalue weighted by atomic mass is 9.97. The van der Waals surface area contributed by atoms with Gasteiger partial charge in [-0.15, -0.1) is 11.3 Å². The Morgan fingerprint density at radius 3 is 1.56 bits per heavy atom. The summed E-state index contributed by atoms with van der Waals surface area (Å²) < 4.78 is 2.59. The lowest BCUT2D eigenvalue weighted by Crippen LogP contribution is -2.01. The molecule has 43 heavy (non-hydrogen) atoms. The van der Waals surface area contributed by atoms with Crippen LogP contribution < -0.4 is 0 Å². The van der Waals surface area contributed by atoms with Crippen molar-refractivity contribution in [2.75, 3.05) is 0 Å². The Labute approximate surface area is 253 Å². The Morgan fingerprint density at radius 2 is 0.814 bits per heavy atom. The summed E-state index contributed by atoms with van der Waals surface area (Å²) in [6.07, 6.45) is 0. The van der Waals surface area contributed by atoms with Gasteiger partial charge in [0.25, 0.3) is 0 Å². The molecule has 0 atom stereocenters. The van der Waals surface area contributed by atoms with Gasteiger partial charge in [-0.3, -0.25) is 0 Å². The van der Waals surface area contributed by atoms with Crippen LogP contribution in [0.25, 0.3) is 76.6 Å². The van der Waals surface area contributed by atoms with Gasteiger partial charge in [0.1, 0.15) is 0 Å². The fourth-order valence-electron chi connectivity index (χ4n) is 5.61. The number of hydrogen-bond acceptors (Lipinski definition) is 4. The fraction of sp³-hybridized carbons (Fsp3) is 0. The molecule has 0 fully saturated rings. The Hall–Kier alpha value is -5.45. The van der Waals surface area contributed by atoms with Crippen LogP contribution >= 0.6 is 11.3 Å². The van der Waals surface area contributed by atoms with Crippen LogP contribution in [0.3, 0.4) is 0 Å². The number of aromatic nitrogens is 3. The van der Waals surface area contributed by atoms with Crippen molar-refractivity contribution in [3.8, 4) is 56.4 Å². The van der Waals surface area contributed by atoms with Crippen molar-refractivity contribution in [3.63, 3.8) is 0 Å². The van der Waals surface area contributed by atoms with Crippen LogP contribution in [-0.4, -0.2) is 15.0 Å². The van der Waals surface area contributed by atoms with E-state index in [2.05, 4.69) is 115 Å². The van der Waals surface area contributed by atoms with E-state index in [1.54, 1.807) is 0 Å². The number of rotatable bonds is 5. The molecule has 0 saturated heterocycles. The van der Waals surface area contributed by atoms with Crippen LogP contribution in [0.2, 0.25) is 0 Å². The molecule has 6 aromatic carbocycles. The molecule has 3 nitrogen and oxygen atoms in total. The Kier molecular flexibility index (Phi) is 6.32. The predicted molar refractivity (Wildman–Crippen MR) is 180 cm³/mol. The van der Waals surface area contributed by atoms with Gasteiger partial charge in [-0.1, -0.05) is 133 Å². The van der Waals surface area contributed by atoms with Crippen LogP contribution in [-0.2, 0) is 0 Å². The molecular weight excluding hydrogens is 543 g/mol. The third kappa shape index (κ3) is 4.78. The van der Waals surface area contributed by atoms with Crippen LogP contribution in [0.15, 0.2) is 152 Å². The van der Waals surface area contributed by atoms with Crippen LogP contribution in [0.1, 0.15) is 0 Å². The highest BCUT2D eigenvalue weighted by Gasteiger charge is 2.16. The minimum Gasteiger partial charge on any atom is -0.208 e. The highest BCUT2D eigenvalue weighted by molar-refractivity contribution is 7.25. The molecule has 0 aliphatic rings. The van der Waals surface area contributed by atoms with Crippen molar-refractivity contribution in [2.24, 2.45) is 0 Å². The molecule has 0 saturated carbocycles. The Bertz CT molecular complexity index is 2220. The summed E-state index contributed by atoms with van der Waals surface area (Å²) in [5, 5.41) is 2.56. The van der Waals surface area contributed by atoms with Gasteiger partial charge in [0, 0.05) is 36.9 Å². The van der Waals surface area contributed by atoms with E-state index in [1.165, 1.54) is 25.7 Å². The number of hydrogen-bond donors (Lipinski definition) is 0. The van der Waals surface area contributed by atoms with E-state index in [-0.39, 0.29) is 0 Å². The monoisotopic (exact) mass is 567 g/mol. The third-order valence-corrected chi connectivity index (χ3v) is 8.93. The maximum atomic E-state index is 5.07. The molecule has 4 heteroatoms. The van der Waals surface area contributed by atoms with E-state index in [0.717, 1.165) is 33.4 Å². The van der Waals surface area contributed by atoms with E-state index < -0.39 is 0 Å². The summed E-state index contributed by atoms with van der Waals surface area (Å²) in [6, 6.07) is 52.7. The topological polar surface area (TPSA) is 38.7 Å². The van der Waals surface area contributed by atoms with Crippen molar-refractivity contribution in [1.29, 1.82) is 0 Å². The highest BCUT2D eigenvalue weighted by Crippen LogP contribution is 2.39. The molecule has 0 aliphatic carbocycles. The van der Waals surface area contributed by atoms with Gasteiger partial charge >= 0.3 is 0 Å². The molecule has 0 spiro atoms. The highest BCUT2D eigenvalue weighted by atomic mass is 32.1. The van der Waals surface area contributed by atoms with Gasteiger partial charge in [0.2, 0.25) is 0 Å². The van der Waals surface area contributed by atoms with E-state index in [1.807, 2.05) is 47.7 Å². The second-order valence-electron chi connectivity index (χ2n) is 10.5. The number of nitrogens with zero attached hydrogens (tertiary/aromatic N) is 3. The standard InChI is InChI=1S/C39H25N3S/c1-3-11-26(12-4-1)27-19-21-29(22-20-27)38-40-37(28-13-5-2-6-14-28)41-39(42-38)33-17-8-7-15-31(33)30-23-24-36-34(25-30)32-16-9-10-18-35(32)43-36/h1-25H. The Morgan fingerprint density at radius 1 is 0.326 bits per heavy atom. The first-order valence-electron chi connectivity index (χ1n) is 14.3. The second-order valence-corrected chi connectivity index (χ2v) is 11.6. The molecule has 0 bridgehead atoms. The number of benzene rings is 6. The van der Waals surface area contributed by atoms with Gasteiger partial charge < -0.3 is 0 Å². The van der Waals surface area contributed by atoms with Gasteiger partial charge in [0.15, 0.2) is 17.5 Å². The Balaban J connectivity index is 1.28. The average molecular weight is 568 g/mol. The van der Waals surface area contributed by atoms with Crippen molar-refractivity contribution in [3.05, 3.63) is 152 Å². The van der Waals surface area contributed by atoms with E-state index >= 15 is 0 Å². The molecular formula is C39H25N3S.